The van der Waals surface area contributed by atoms with Crippen molar-refractivity contribution in [2.45, 2.75) is 40.0 Å². The second-order valence-corrected chi connectivity index (χ2v) is 7.10. The first-order valence-electron chi connectivity index (χ1n) is 7.33. The van der Waals surface area contributed by atoms with Crippen LogP contribution in [-0.2, 0) is 9.59 Å². The molecule has 4 heteroatoms. The number of halogens is 1. The van der Waals surface area contributed by atoms with Gasteiger partial charge >= 0.3 is 0 Å². The molecule has 2 fully saturated rings. The lowest BCUT2D eigenvalue weighted by Gasteiger charge is -2.38. The highest BCUT2D eigenvalue weighted by atomic mass is 19.1. The van der Waals surface area contributed by atoms with E-state index in [0.717, 1.165) is 12.8 Å². The normalized spacial score (nSPS) is 33.2. The lowest BCUT2D eigenvalue weighted by molar-refractivity contribution is -0.131. The summed E-state index contributed by atoms with van der Waals surface area (Å²) in [7, 11) is 0. The molecule has 3 rings (SSSR count). The van der Waals surface area contributed by atoms with Crippen LogP contribution >= 0.6 is 0 Å². The predicted molar refractivity (Wildman–Crippen MR) is 78.2 cm³/mol. The summed E-state index contributed by atoms with van der Waals surface area (Å²) in [6, 6.07) is 5.72. The molecule has 1 aromatic rings. The van der Waals surface area contributed by atoms with Gasteiger partial charge in [-0.3, -0.25) is 9.59 Å². The highest BCUT2D eigenvalue weighted by Crippen LogP contribution is 2.70. The highest BCUT2D eigenvalue weighted by molar-refractivity contribution is 6.04. The number of amides is 1. The molecule has 0 aliphatic heterocycles. The molecule has 1 aromatic carbocycles. The van der Waals surface area contributed by atoms with Crippen LogP contribution < -0.4 is 5.32 Å². The third-order valence-electron chi connectivity index (χ3n) is 6.24. The fraction of sp³-hybridized carbons (Fsp3) is 0.529. The SMILES string of the molecule is CC1(C)[C@@]2(C(=O)Nc3ccc(F)cc3)CC[C@@]1(C)C(=O)C2. The number of benzene rings is 1. The third-order valence-corrected chi connectivity index (χ3v) is 6.24. The Balaban J connectivity index is 1.91. The Kier molecular flexibility index (Phi) is 2.81. The second kappa shape index (κ2) is 4.15. The molecule has 0 radical (unpaired) electrons. The molecule has 0 heterocycles. The maximum atomic E-state index is 12.9. The van der Waals surface area contributed by atoms with E-state index >= 15 is 0 Å². The van der Waals surface area contributed by atoms with Gasteiger partial charge in [0, 0.05) is 17.5 Å². The van der Waals surface area contributed by atoms with E-state index in [4.69, 9.17) is 0 Å². The summed E-state index contributed by atoms with van der Waals surface area (Å²) >= 11 is 0. The Hall–Kier alpha value is -1.71. The fourth-order valence-corrected chi connectivity index (χ4v) is 4.14. The molecule has 3 nitrogen and oxygen atoms in total. The monoisotopic (exact) mass is 289 g/mol. The van der Waals surface area contributed by atoms with E-state index in [-0.39, 0.29) is 22.9 Å². The maximum Gasteiger partial charge on any atom is 0.231 e. The Morgan fingerprint density at radius 2 is 1.76 bits per heavy atom. The van der Waals surface area contributed by atoms with Gasteiger partial charge in [0.15, 0.2) is 0 Å². The van der Waals surface area contributed by atoms with E-state index < -0.39 is 10.8 Å². The molecule has 1 amide bonds. The van der Waals surface area contributed by atoms with Gasteiger partial charge < -0.3 is 5.32 Å². The van der Waals surface area contributed by atoms with Gasteiger partial charge in [-0.25, -0.2) is 4.39 Å². The summed E-state index contributed by atoms with van der Waals surface area (Å²) in [6.45, 7) is 6.03. The zero-order valence-electron chi connectivity index (χ0n) is 12.6. The van der Waals surface area contributed by atoms with Gasteiger partial charge in [-0.05, 0) is 42.5 Å². The number of hydrogen-bond acceptors (Lipinski definition) is 2. The molecule has 0 spiro atoms. The number of anilines is 1. The first kappa shape index (κ1) is 14.2. The first-order chi connectivity index (χ1) is 9.73. The number of nitrogens with one attached hydrogen (secondary N) is 1. The van der Waals surface area contributed by atoms with Crippen molar-refractivity contribution >= 4 is 17.4 Å². The zero-order valence-corrected chi connectivity index (χ0v) is 12.6. The zero-order chi connectivity index (χ0) is 15.5. The topological polar surface area (TPSA) is 46.2 Å². The van der Waals surface area contributed by atoms with E-state index in [2.05, 4.69) is 5.32 Å². The van der Waals surface area contributed by atoms with E-state index in [0.29, 0.717) is 12.1 Å². The van der Waals surface area contributed by atoms with Crippen LogP contribution in [0.25, 0.3) is 0 Å². The average molecular weight is 289 g/mol. The van der Waals surface area contributed by atoms with Crippen molar-refractivity contribution in [2.75, 3.05) is 5.32 Å². The molecule has 112 valence electrons. The Bertz CT molecular complexity index is 622. The summed E-state index contributed by atoms with van der Waals surface area (Å²) in [4.78, 5) is 25.2. The van der Waals surface area contributed by atoms with Gasteiger partial charge in [0.05, 0.1) is 5.41 Å². The Morgan fingerprint density at radius 3 is 2.24 bits per heavy atom. The van der Waals surface area contributed by atoms with Crippen LogP contribution in [0.4, 0.5) is 10.1 Å². The smallest absolute Gasteiger partial charge is 0.231 e. The molecular formula is C17H20FNO2. The van der Waals surface area contributed by atoms with Crippen molar-refractivity contribution < 1.29 is 14.0 Å². The molecule has 1 N–H and O–H groups in total. The van der Waals surface area contributed by atoms with Crippen LogP contribution in [0.1, 0.15) is 40.0 Å². The number of Topliss-reactive ketones (excluding diaryl/α,β-unsaturated/α-hetero) is 1. The van der Waals surface area contributed by atoms with Gasteiger partial charge in [-0.1, -0.05) is 20.8 Å². The van der Waals surface area contributed by atoms with Gasteiger partial charge in [0.25, 0.3) is 0 Å². The van der Waals surface area contributed by atoms with Gasteiger partial charge in [0.1, 0.15) is 11.6 Å². The van der Waals surface area contributed by atoms with Crippen molar-refractivity contribution in [1.82, 2.24) is 0 Å². The molecular weight excluding hydrogens is 269 g/mol. The summed E-state index contributed by atoms with van der Waals surface area (Å²) in [5.41, 5.74) is -0.846. The number of ketones is 1. The Labute approximate surface area is 123 Å². The quantitative estimate of drug-likeness (QED) is 0.905. The van der Waals surface area contributed by atoms with Crippen LogP contribution in [0.3, 0.4) is 0 Å². The van der Waals surface area contributed by atoms with Gasteiger partial charge in [0.2, 0.25) is 5.91 Å². The van der Waals surface area contributed by atoms with Crippen molar-refractivity contribution in [3.8, 4) is 0 Å². The molecule has 2 atom stereocenters. The minimum absolute atomic E-state index is 0.117. The average Bonchev–Trinajstić information content (AvgIpc) is 2.72. The summed E-state index contributed by atoms with van der Waals surface area (Å²) in [6.07, 6.45) is 1.80. The van der Waals surface area contributed by atoms with Crippen LogP contribution in [0.5, 0.6) is 0 Å². The maximum absolute atomic E-state index is 12.9. The summed E-state index contributed by atoms with van der Waals surface area (Å²) < 4.78 is 12.9. The summed E-state index contributed by atoms with van der Waals surface area (Å²) in [5.74, 6) is -0.266. The molecule has 0 saturated heterocycles. The number of carbonyl (C=O) groups is 2. The van der Waals surface area contributed by atoms with Crippen LogP contribution in [0.15, 0.2) is 24.3 Å². The second-order valence-electron chi connectivity index (χ2n) is 7.10. The lowest BCUT2D eigenvalue weighted by Crippen LogP contribution is -2.43. The largest absolute Gasteiger partial charge is 0.326 e. The van der Waals surface area contributed by atoms with Crippen molar-refractivity contribution in [3.05, 3.63) is 30.1 Å². The number of carbonyl (C=O) groups excluding carboxylic acids is 2. The summed E-state index contributed by atoms with van der Waals surface area (Å²) in [5, 5.41) is 2.87. The van der Waals surface area contributed by atoms with E-state index in [1.807, 2.05) is 20.8 Å². The molecule has 0 unspecified atom stereocenters. The molecule has 0 aromatic heterocycles. The predicted octanol–water partition coefficient (Wildman–Crippen LogP) is 3.55. The minimum Gasteiger partial charge on any atom is -0.326 e. The molecule has 21 heavy (non-hydrogen) atoms. The van der Waals surface area contributed by atoms with Gasteiger partial charge in [-0.15, -0.1) is 0 Å². The fourth-order valence-electron chi connectivity index (χ4n) is 4.14. The standard InChI is InChI=1S/C17H20FNO2/c1-15(2)16(3)8-9-17(15,10-13(16)20)14(21)19-12-6-4-11(18)5-7-12/h4-7H,8-10H2,1-3H3,(H,19,21)/t16-,17-/m0/s1. The lowest BCUT2D eigenvalue weighted by atomic mass is 9.64. The Morgan fingerprint density at radius 1 is 1.14 bits per heavy atom. The van der Waals surface area contributed by atoms with Crippen LogP contribution in [0, 0.1) is 22.1 Å². The number of hydrogen-bond donors (Lipinski definition) is 1. The third kappa shape index (κ3) is 1.65. The van der Waals surface area contributed by atoms with E-state index in [1.165, 1.54) is 12.1 Å². The molecule has 2 bridgehead atoms. The number of fused-ring (bicyclic) bond motifs is 2. The minimum atomic E-state index is -0.646. The first-order valence-corrected chi connectivity index (χ1v) is 7.33. The molecule has 2 saturated carbocycles. The van der Waals surface area contributed by atoms with Crippen LogP contribution in [-0.4, -0.2) is 11.7 Å². The highest BCUT2D eigenvalue weighted by Gasteiger charge is 2.72. The van der Waals surface area contributed by atoms with E-state index in [9.17, 15) is 14.0 Å². The molecule has 2 aliphatic carbocycles. The van der Waals surface area contributed by atoms with Gasteiger partial charge in [-0.2, -0.15) is 0 Å². The van der Waals surface area contributed by atoms with Crippen molar-refractivity contribution in [3.63, 3.8) is 0 Å². The van der Waals surface area contributed by atoms with E-state index in [1.54, 1.807) is 12.1 Å². The van der Waals surface area contributed by atoms with Crippen molar-refractivity contribution in [2.24, 2.45) is 16.2 Å². The van der Waals surface area contributed by atoms with Crippen molar-refractivity contribution in [1.29, 1.82) is 0 Å². The molecule has 2 aliphatic rings. The van der Waals surface area contributed by atoms with Crippen LogP contribution in [0.2, 0.25) is 0 Å². The number of rotatable bonds is 2.